The second kappa shape index (κ2) is 4.66. The summed E-state index contributed by atoms with van der Waals surface area (Å²) >= 11 is 0. The number of hydrogen-bond donors (Lipinski definition) is 0. The highest BCUT2D eigenvalue weighted by Gasteiger charge is 2.04. The van der Waals surface area contributed by atoms with Crippen LogP contribution in [-0.4, -0.2) is 10.8 Å². The zero-order chi connectivity index (χ0) is 11.4. The number of rotatable bonds is 3. The standard InChI is InChI=1S/C13H13N2O/c1-11(16)13-4-2-3-12(9-13)10-15-7-5-14-6-8-15/h2-9H,10H2,1H3/q+1. The number of aromatic nitrogens is 2. The summed E-state index contributed by atoms with van der Waals surface area (Å²) in [5, 5.41) is 0. The summed E-state index contributed by atoms with van der Waals surface area (Å²) in [6, 6.07) is 7.69. The van der Waals surface area contributed by atoms with Crippen LogP contribution in [0.1, 0.15) is 22.8 Å². The van der Waals surface area contributed by atoms with Crippen LogP contribution >= 0.6 is 0 Å². The zero-order valence-corrected chi connectivity index (χ0v) is 9.13. The van der Waals surface area contributed by atoms with Crippen molar-refractivity contribution in [1.82, 2.24) is 4.98 Å². The van der Waals surface area contributed by atoms with E-state index in [0.717, 1.165) is 17.7 Å². The molecule has 0 amide bonds. The lowest BCUT2D eigenvalue weighted by Gasteiger charge is -1.99. The summed E-state index contributed by atoms with van der Waals surface area (Å²) in [5.41, 5.74) is 1.87. The first-order valence-corrected chi connectivity index (χ1v) is 5.14. The predicted octanol–water partition coefficient (Wildman–Crippen LogP) is 1.62. The Morgan fingerprint density at radius 3 is 2.75 bits per heavy atom. The van der Waals surface area contributed by atoms with Gasteiger partial charge in [-0.15, -0.1) is 0 Å². The Hall–Kier alpha value is -2.03. The molecule has 0 atom stereocenters. The largest absolute Gasteiger partial charge is 0.295 e. The van der Waals surface area contributed by atoms with Gasteiger partial charge in [0.2, 0.25) is 0 Å². The third kappa shape index (κ3) is 2.51. The minimum Gasteiger partial charge on any atom is -0.295 e. The first kappa shape index (κ1) is 10.5. The van der Waals surface area contributed by atoms with Crippen molar-refractivity contribution in [2.75, 3.05) is 0 Å². The molecule has 80 valence electrons. The van der Waals surface area contributed by atoms with Crippen molar-refractivity contribution in [3.8, 4) is 0 Å². The number of carbonyl (C=O) groups is 1. The molecule has 0 fully saturated rings. The summed E-state index contributed by atoms with van der Waals surface area (Å²) in [6.45, 7) is 2.34. The lowest BCUT2D eigenvalue weighted by Crippen LogP contribution is -2.33. The van der Waals surface area contributed by atoms with E-state index in [1.165, 1.54) is 0 Å². The highest BCUT2D eigenvalue weighted by atomic mass is 16.1. The molecule has 0 spiro atoms. The molecule has 2 aromatic rings. The number of nitrogens with zero attached hydrogens (tertiary/aromatic N) is 2. The summed E-state index contributed by atoms with van der Waals surface area (Å²) in [5.74, 6) is 0.0987. The second-order valence-corrected chi connectivity index (χ2v) is 3.67. The molecule has 0 radical (unpaired) electrons. The maximum Gasteiger partial charge on any atom is 0.187 e. The molecule has 3 nitrogen and oxygen atoms in total. The summed E-state index contributed by atoms with van der Waals surface area (Å²) in [7, 11) is 0. The van der Waals surface area contributed by atoms with E-state index in [9.17, 15) is 4.79 Å². The molecule has 0 unspecified atom stereocenters. The molecule has 2 rings (SSSR count). The fourth-order valence-corrected chi connectivity index (χ4v) is 1.55. The number of hydrogen-bond acceptors (Lipinski definition) is 2. The van der Waals surface area contributed by atoms with Gasteiger partial charge in [0.25, 0.3) is 0 Å². The minimum absolute atomic E-state index is 0.0987. The number of ketones is 1. The molecule has 3 heteroatoms. The number of benzene rings is 1. The summed E-state index contributed by atoms with van der Waals surface area (Å²) in [6.07, 6.45) is 7.30. The molecule has 1 aromatic carbocycles. The number of carbonyl (C=O) groups excluding carboxylic acids is 1. The van der Waals surface area contributed by atoms with Gasteiger partial charge in [0.1, 0.15) is 0 Å². The monoisotopic (exact) mass is 213 g/mol. The third-order valence-electron chi connectivity index (χ3n) is 2.39. The van der Waals surface area contributed by atoms with Crippen molar-refractivity contribution in [1.29, 1.82) is 0 Å². The zero-order valence-electron chi connectivity index (χ0n) is 9.13. The predicted molar refractivity (Wildman–Crippen MR) is 60.0 cm³/mol. The summed E-state index contributed by atoms with van der Waals surface area (Å²) < 4.78 is 2.02. The molecule has 0 saturated carbocycles. The van der Waals surface area contributed by atoms with E-state index in [0.29, 0.717) is 0 Å². The molecule has 0 aliphatic rings. The van der Waals surface area contributed by atoms with Gasteiger partial charge in [-0.05, 0) is 13.0 Å². The Balaban J connectivity index is 2.22. The maximum atomic E-state index is 11.2. The second-order valence-electron chi connectivity index (χ2n) is 3.67. The van der Waals surface area contributed by atoms with Crippen molar-refractivity contribution in [3.63, 3.8) is 0 Å². The van der Waals surface area contributed by atoms with Crippen molar-refractivity contribution in [2.24, 2.45) is 0 Å². The van der Waals surface area contributed by atoms with Gasteiger partial charge in [-0.2, -0.15) is 4.57 Å². The van der Waals surface area contributed by atoms with Crippen LogP contribution in [0, 0.1) is 0 Å². The SMILES string of the molecule is CC(=O)c1cccc(C[n+]2ccncc2)c1. The van der Waals surface area contributed by atoms with Gasteiger partial charge >= 0.3 is 0 Å². The van der Waals surface area contributed by atoms with Gasteiger partial charge in [0, 0.05) is 11.1 Å². The Morgan fingerprint density at radius 1 is 1.31 bits per heavy atom. The molecular weight excluding hydrogens is 200 g/mol. The van der Waals surface area contributed by atoms with Crippen molar-refractivity contribution in [3.05, 3.63) is 60.2 Å². The van der Waals surface area contributed by atoms with Crippen LogP contribution in [0.15, 0.2) is 49.1 Å². The van der Waals surface area contributed by atoms with Crippen LogP contribution in [0.3, 0.4) is 0 Å². The van der Waals surface area contributed by atoms with Gasteiger partial charge in [-0.3, -0.25) is 9.78 Å². The van der Waals surface area contributed by atoms with E-state index in [-0.39, 0.29) is 5.78 Å². The van der Waals surface area contributed by atoms with E-state index >= 15 is 0 Å². The first-order chi connectivity index (χ1) is 7.75. The van der Waals surface area contributed by atoms with Gasteiger partial charge in [-0.1, -0.05) is 18.2 Å². The van der Waals surface area contributed by atoms with Gasteiger partial charge in [0.05, 0.1) is 12.4 Å². The van der Waals surface area contributed by atoms with E-state index in [4.69, 9.17) is 0 Å². The van der Waals surface area contributed by atoms with E-state index in [1.807, 2.05) is 41.2 Å². The van der Waals surface area contributed by atoms with E-state index < -0.39 is 0 Å². The van der Waals surface area contributed by atoms with Crippen LogP contribution in [0.5, 0.6) is 0 Å². The lowest BCUT2D eigenvalue weighted by atomic mass is 10.1. The van der Waals surface area contributed by atoms with Crippen molar-refractivity contribution in [2.45, 2.75) is 13.5 Å². The summed E-state index contributed by atoms with van der Waals surface area (Å²) in [4.78, 5) is 15.2. The maximum absolute atomic E-state index is 11.2. The molecule has 0 N–H and O–H groups in total. The molecule has 16 heavy (non-hydrogen) atoms. The molecule has 1 heterocycles. The Bertz CT molecular complexity index is 494. The van der Waals surface area contributed by atoms with Gasteiger partial charge in [0.15, 0.2) is 24.7 Å². The molecule has 0 aliphatic heterocycles. The normalized spacial score (nSPS) is 10.1. The highest BCUT2D eigenvalue weighted by Crippen LogP contribution is 2.05. The Kier molecular flexibility index (Phi) is 3.05. The van der Waals surface area contributed by atoms with Crippen LogP contribution in [0.25, 0.3) is 0 Å². The fourth-order valence-electron chi connectivity index (χ4n) is 1.55. The minimum atomic E-state index is 0.0987. The molecule has 0 bridgehead atoms. The first-order valence-electron chi connectivity index (χ1n) is 5.14. The molecule has 0 aliphatic carbocycles. The Labute approximate surface area is 94.4 Å². The highest BCUT2D eigenvalue weighted by molar-refractivity contribution is 5.94. The fraction of sp³-hybridized carbons (Fsp3) is 0.154. The Morgan fingerprint density at radius 2 is 2.06 bits per heavy atom. The van der Waals surface area contributed by atoms with E-state index in [2.05, 4.69) is 4.98 Å². The van der Waals surface area contributed by atoms with Crippen molar-refractivity contribution < 1.29 is 9.36 Å². The van der Waals surface area contributed by atoms with Crippen molar-refractivity contribution >= 4 is 5.78 Å². The average Bonchev–Trinajstić information content (AvgIpc) is 2.30. The third-order valence-corrected chi connectivity index (χ3v) is 2.39. The molecular formula is C13H13N2O+. The van der Waals surface area contributed by atoms with Gasteiger partial charge < -0.3 is 0 Å². The smallest absolute Gasteiger partial charge is 0.187 e. The molecule has 0 saturated heterocycles. The van der Waals surface area contributed by atoms with Crippen LogP contribution in [0.4, 0.5) is 0 Å². The lowest BCUT2D eigenvalue weighted by molar-refractivity contribution is -0.688. The van der Waals surface area contributed by atoms with Crippen LogP contribution in [0.2, 0.25) is 0 Å². The van der Waals surface area contributed by atoms with E-state index in [1.54, 1.807) is 19.3 Å². The quantitative estimate of drug-likeness (QED) is 0.573. The van der Waals surface area contributed by atoms with Crippen LogP contribution in [-0.2, 0) is 6.54 Å². The van der Waals surface area contributed by atoms with Gasteiger partial charge in [-0.25, -0.2) is 0 Å². The molecule has 1 aromatic heterocycles. The average molecular weight is 213 g/mol. The number of Topliss-reactive ketones (excluding diaryl/α,β-unsaturated/α-hetero) is 1. The topological polar surface area (TPSA) is 33.8 Å². The van der Waals surface area contributed by atoms with Crippen LogP contribution < -0.4 is 4.57 Å².